The van der Waals surface area contributed by atoms with Gasteiger partial charge in [0.25, 0.3) is 0 Å². The highest BCUT2D eigenvalue weighted by molar-refractivity contribution is 5.92. The molecular formula is C16H15FN4O3. The van der Waals surface area contributed by atoms with Crippen LogP contribution in [0.5, 0.6) is 5.88 Å². The van der Waals surface area contributed by atoms with Gasteiger partial charge in [0.1, 0.15) is 12.4 Å². The molecule has 3 rings (SSSR count). The lowest BCUT2D eigenvalue weighted by Gasteiger charge is -2.07. The average molecular weight is 330 g/mol. The maximum atomic E-state index is 13.9. The SMILES string of the molecule is COCC(=O)Nc1cc(-c2cn3nc(OC)ccc3n2)ccc1F. The third-order valence-corrected chi connectivity index (χ3v) is 3.32. The maximum Gasteiger partial charge on any atom is 0.250 e. The number of imidazole rings is 1. The Morgan fingerprint density at radius 1 is 1.29 bits per heavy atom. The zero-order valence-corrected chi connectivity index (χ0v) is 13.1. The molecule has 3 aromatic rings. The van der Waals surface area contributed by atoms with E-state index in [1.165, 1.54) is 26.4 Å². The number of aromatic nitrogens is 3. The van der Waals surface area contributed by atoms with E-state index in [0.717, 1.165) is 0 Å². The van der Waals surface area contributed by atoms with Crippen molar-refractivity contribution < 1.29 is 18.7 Å². The topological polar surface area (TPSA) is 77.8 Å². The molecule has 2 aromatic heterocycles. The summed E-state index contributed by atoms with van der Waals surface area (Å²) in [6, 6.07) is 7.84. The average Bonchev–Trinajstić information content (AvgIpc) is 3.00. The van der Waals surface area contributed by atoms with Crippen LogP contribution in [0.2, 0.25) is 0 Å². The van der Waals surface area contributed by atoms with E-state index in [-0.39, 0.29) is 12.3 Å². The van der Waals surface area contributed by atoms with Gasteiger partial charge in [-0.3, -0.25) is 4.79 Å². The van der Waals surface area contributed by atoms with Gasteiger partial charge in [0.2, 0.25) is 11.8 Å². The molecule has 1 aromatic carbocycles. The van der Waals surface area contributed by atoms with Crippen molar-refractivity contribution in [2.45, 2.75) is 0 Å². The van der Waals surface area contributed by atoms with E-state index in [2.05, 4.69) is 15.4 Å². The lowest BCUT2D eigenvalue weighted by molar-refractivity contribution is -0.119. The number of nitrogens with one attached hydrogen (secondary N) is 1. The molecule has 2 heterocycles. The first kappa shape index (κ1) is 15.9. The summed E-state index contributed by atoms with van der Waals surface area (Å²) in [5.41, 5.74) is 1.93. The number of hydrogen-bond acceptors (Lipinski definition) is 5. The van der Waals surface area contributed by atoms with Gasteiger partial charge < -0.3 is 14.8 Å². The Labute approximate surface area is 137 Å². The van der Waals surface area contributed by atoms with Crippen molar-refractivity contribution in [2.24, 2.45) is 0 Å². The smallest absolute Gasteiger partial charge is 0.250 e. The highest BCUT2D eigenvalue weighted by Gasteiger charge is 2.11. The van der Waals surface area contributed by atoms with E-state index in [0.29, 0.717) is 22.8 Å². The van der Waals surface area contributed by atoms with Gasteiger partial charge in [-0.2, -0.15) is 0 Å². The summed E-state index contributed by atoms with van der Waals surface area (Å²) in [7, 11) is 2.92. The van der Waals surface area contributed by atoms with Crippen molar-refractivity contribution >= 4 is 17.2 Å². The molecule has 0 unspecified atom stereocenters. The number of nitrogens with zero attached hydrogens (tertiary/aromatic N) is 3. The predicted octanol–water partition coefficient (Wildman–Crippen LogP) is 2.13. The molecule has 0 saturated heterocycles. The molecule has 7 nitrogen and oxygen atoms in total. The number of fused-ring (bicyclic) bond motifs is 1. The van der Waals surface area contributed by atoms with Gasteiger partial charge in [0.05, 0.1) is 24.7 Å². The third-order valence-electron chi connectivity index (χ3n) is 3.32. The summed E-state index contributed by atoms with van der Waals surface area (Å²) >= 11 is 0. The number of hydrogen-bond donors (Lipinski definition) is 1. The molecular weight excluding hydrogens is 315 g/mol. The lowest BCUT2D eigenvalue weighted by Crippen LogP contribution is -2.17. The molecule has 0 atom stereocenters. The number of halogens is 1. The van der Waals surface area contributed by atoms with Crippen LogP contribution in [0.1, 0.15) is 0 Å². The number of amides is 1. The van der Waals surface area contributed by atoms with E-state index >= 15 is 0 Å². The molecule has 0 radical (unpaired) electrons. The fourth-order valence-electron chi connectivity index (χ4n) is 2.21. The molecule has 0 saturated carbocycles. The lowest BCUT2D eigenvalue weighted by atomic mass is 10.1. The highest BCUT2D eigenvalue weighted by Crippen LogP contribution is 2.25. The predicted molar refractivity (Wildman–Crippen MR) is 85.4 cm³/mol. The molecule has 0 bridgehead atoms. The third kappa shape index (κ3) is 3.18. The Morgan fingerprint density at radius 2 is 2.12 bits per heavy atom. The van der Waals surface area contributed by atoms with Crippen molar-refractivity contribution in [3.8, 4) is 17.1 Å². The van der Waals surface area contributed by atoms with E-state index < -0.39 is 11.7 Å². The van der Waals surface area contributed by atoms with Gasteiger partial charge >= 0.3 is 0 Å². The fourth-order valence-corrected chi connectivity index (χ4v) is 2.21. The number of benzene rings is 1. The number of ether oxygens (including phenoxy) is 2. The summed E-state index contributed by atoms with van der Waals surface area (Å²) in [5, 5.41) is 6.69. The van der Waals surface area contributed by atoms with E-state index in [1.807, 2.05) is 0 Å². The van der Waals surface area contributed by atoms with Crippen LogP contribution in [-0.2, 0) is 9.53 Å². The Kier molecular flexibility index (Phi) is 4.39. The summed E-state index contributed by atoms with van der Waals surface area (Å²) in [5.74, 6) is -0.514. The summed E-state index contributed by atoms with van der Waals surface area (Å²) < 4.78 is 25.2. The maximum absolute atomic E-state index is 13.9. The van der Waals surface area contributed by atoms with E-state index in [1.54, 1.807) is 28.9 Å². The van der Waals surface area contributed by atoms with Crippen molar-refractivity contribution in [3.05, 3.63) is 42.3 Å². The number of carbonyl (C=O) groups is 1. The quantitative estimate of drug-likeness (QED) is 0.775. The summed E-state index contributed by atoms with van der Waals surface area (Å²) in [4.78, 5) is 16.0. The molecule has 124 valence electrons. The molecule has 0 aliphatic heterocycles. The highest BCUT2D eigenvalue weighted by atomic mass is 19.1. The van der Waals surface area contributed by atoms with Gasteiger partial charge in [0.15, 0.2) is 5.65 Å². The molecule has 8 heteroatoms. The molecule has 0 fully saturated rings. The van der Waals surface area contributed by atoms with Crippen molar-refractivity contribution in [3.63, 3.8) is 0 Å². The summed E-state index contributed by atoms with van der Waals surface area (Å²) in [6.45, 7) is -0.151. The first-order valence-electron chi connectivity index (χ1n) is 7.10. The van der Waals surface area contributed by atoms with Crippen LogP contribution in [0.25, 0.3) is 16.9 Å². The normalized spacial score (nSPS) is 10.8. The number of methoxy groups -OCH3 is 2. The van der Waals surface area contributed by atoms with Crippen LogP contribution in [0.3, 0.4) is 0 Å². The van der Waals surface area contributed by atoms with Crippen LogP contribution in [0.4, 0.5) is 10.1 Å². The van der Waals surface area contributed by atoms with Crippen LogP contribution >= 0.6 is 0 Å². The minimum atomic E-state index is -0.535. The van der Waals surface area contributed by atoms with Gasteiger partial charge in [-0.15, -0.1) is 5.10 Å². The van der Waals surface area contributed by atoms with Crippen LogP contribution in [0.15, 0.2) is 36.5 Å². The van der Waals surface area contributed by atoms with Gasteiger partial charge in [-0.05, 0) is 24.3 Å². The standard InChI is InChI=1S/C16H15FN4O3/c1-23-9-15(22)19-12-7-10(3-4-11(12)17)13-8-21-14(18-13)5-6-16(20-21)24-2/h3-8H,9H2,1-2H3,(H,19,22). The summed E-state index contributed by atoms with van der Waals surface area (Å²) in [6.07, 6.45) is 1.70. The minimum absolute atomic E-state index is 0.0668. The second-order valence-electron chi connectivity index (χ2n) is 4.98. The largest absolute Gasteiger partial charge is 0.480 e. The first-order chi connectivity index (χ1) is 11.6. The zero-order valence-electron chi connectivity index (χ0n) is 13.1. The minimum Gasteiger partial charge on any atom is -0.480 e. The Bertz CT molecular complexity index is 894. The Balaban J connectivity index is 1.95. The van der Waals surface area contributed by atoms with Crippen molar-refractivity contribution in [1.29, 1.82) is 0 Å². The van der Waals surface area contributed by atoms with Crippen molar-refractivity contribution in [2.75, 3.05) is 26.1 Å². The Hall–Kier alpha value is -3.00. The Morgan fingerprint density at radius 3 is 2.88 bits per heavy atom. The molecule has 0 aliphatic carbocycles. The van der Waals surface area contributed by atoms with Crippen molar-refractivity contribution in [1.82, 2.24) is 14.6 Å². The molecule has 1 amide bonds. The van der Waals surface area contributed by atoms with E-state index in [4.69, 9.17) is 9.47 Å². The van der Waals surface area contributed by atoms with Crippen LogP contribution in [-0.4, -0.2) is 41.3 Å². The van der Waals surface area contributed by atoms with Gasteiger partial charge in [-0.25, -0.2) is 13.9 Å². The molecule has 0 spiro atoms. The van der Waals surface area contributed by atoms with Crippen LogP contribution in [0, 0.1) is 5.82 Å². The van der Waals surface area contributed by atoms with Gasteiger partial charge in [0, 0.05) is 18.7 Å². The van der Waals surface area contributed by atoms with Gasteiger partial charge in [-0.1, -0.05) is 0 Å². The second kappa shape index (κ2) is 6.63. The fraction of sp³-hybridized carbons (Fsp3) is 0.188. The number of carbonyl (C=O) groups excluding carboxylic acids is 1. The first-order valence-corrected chi connectivity index (χ1v) is 7.10. The van der Waals surface area contributed by atoms with Crippen LogP contribution < -0.4 is 10.1 Å². The second-order valence-corrected chi connectivity index (χ2v) is 4.98. The van der Waals surface area contributed by atoms with E-state index in [9.17, 15) is 9.18 Å². The number of anilines is 1. The number of rotatable bonds is 5. The monoisotopic (exact) mass is 330 g/mol. The molecule has 1 N–H and O–H groups in total. The zero-order chi connectivity index (χ0) is 17.1. The molecule has 24 heavy (non-hydrogen) atoms. The molecule has 0 aliphatic rings.